The summed E-state index contributed by atoms with van der Waals surface area (Å²) in [5.74, 6) is 0.857. The summed E-state index contributed by atoms with van der Waals surface area (Å²) in [6.07, 6.45) is 2.43. The van der Waals surface area contributed by atoms with Crippen LogP contribution in [0.25, 0.3) is 10.9 Å². The van der Waals surface area contributed by atoms with E-state index in [2.05, 4.69) is 43.9 Å². The highest BCUT2D eigenvalue weighted by molar-refractivity contribution is 14.1. The van der Waals surface area contributed by atoms with Crippen LogP contribution in [0.5, 0.6) is 0 Å². The molecular weight excluding hydrogens is 336 g/mol. The Kier molecular flexibility index (Phi) is 2.63. The van der Waals surface area contributed by atoms with Crippen molar-refractivity contribution in [3.8, 4) is 0 Å². The van der Waals surface area contributed by atoms with Gasteiger partial charge < -0.3 is 5.32 Å². The van der Waals surface area contributed by atoms with E-state index < -0.39 is 0 Å². The van der Waals surface area contributed by atoms with Gasteiger partial charge in [-0.15, -0.1) is 0 Å². The van der Waals surface area contributed by atoms with E-state index in [4.69, 9.17) is 11.6 Å². The topological polar surface area (TPSA) is 37.8 Å². The Morgan fingerprint density at radius 1 is 1.31 bits per heavy atom. The van der Waals surface area contributed by atoms with Crippen molar-refractivity contribution in [3.05, 3.63) is 27.1 Å². The fourth-order valence-corrected chi connectivity index (χ4v) is 2.27. The van der Waals surface area contributed by atoms with Crippen LogP contribution >= 0.6 is 34.2 Å². The average molecular weight is 346 g/mol. The fraction of sp³-hybridized carbons (Fsp3) is 0.273. The summed E-state index contributed by atoms with van der Waals surface area (Å²) >= 11 is 8.19. The maximum Gasteiger partial charge on any atom is 0.224 e. The molecule has 1 fully saturated rings. The number of nitrogens with zero attached hydrogens (tertiary/aromatic N) is 2. The van der Waals surface area contributed by atoms with Gasteiger partial charge in [0.25, 0.3) is 0 Å². The van der Waals surface area contributed by atoms with Crippen LogP contribution < -0.4 is 5.32 Å². The smallest absolute Gasteiger partial charge is 0.224 e. The van der Waals surface area contributed by atoms with Gasteiger partial charge in [-0.2, -0.15) is 0 Å². The third kappa shape index (κ3) is 2.08. The first-order valence-electron chi connectivity index (χ1n) is 5.12. The zero-order valence-corrected chi connectivity index (χ0v) is 11.3. The minimum Gasteiger partial charge on any atom is -0.367 e. The van der Waals surface area contributed by atoms with Gasteiger partial charge in [0, 0.05) is 15.0 Å². The summed E-state index contributed by atoms with van der Waals surface area (Å²) in [7, 11) is 0. The van der Waals surface area contributed by atoms with Crippen LogP contribution in [0.3, 0.4) is 0 Å². The molecule has 0 bridgehead atoms. The molecular formula is C11H9ClIN3. The molecule has 16 heavy (non-hydrogen) atoms. The van der Waals surface area contributed by atoms with Crippen LogP contribution in [0.15, 0.2) is 18.2 Å². The van der Waals surface area contributed by atoms with Gasteiger partial charge in [0.05, 0.1) is 5.52 Å². The normalized spacial score (nSPS) is 15.4. The van der Waals surface area contributed by atoms with Crippen LogP contribution in [-0.2, 0) is 0 Å². The van der Waals surface area contributed by atoms with Crippen molar-refractivity contribution in [1.29, 1.82) is 0 Å². The van der Waals surface area contributed by atoms with Crippen molar-refractivity contribution in [3.63, 3.8) is 0 Å². The Labute approximate surface area is 112 Å². The van der Waals surface area contributed by atoms with E-state index in [0.717, 1.165) is 16.7 Å². The van der Waals surface area contributed by atoms with Crippen molar-refractivity contribution >= 4 is 50.9 Å². The molecule has 1 N–H and O–H groups in total. The molecule has 1 heterocycles. The van der Waals surface area contributed by atoms with Crippen molar-refractivity contribution in [2.75, 3.05) is 5.32 Å². The van der Waals surface area contributed by atoms with Crippen LogP contribution in [0, 0.1) is 3.57 Å². The first-order chi connectivity index (χ1) is 7.72. The van der Waals surface area contributed by atoms with Crippen molar-refractivity contribution in [2.45, 2.75) is 18.9 Å². The SMILES string of the molecule is Clc1nc(NC2CC2)c2cc(I)ccc2n1. The van der Waals surface area contributed by atoms with Crippen molar-refractivity contribution in [2.24, 2.45) is 0 Å². The molecule has 0 unspecified atom stereocenters. The molecule has 0 aliphatic heterocycles. The van der Waals surface area contributed by atoms with Crippen LogP contribution in [0.1, 0.15) is 12.8 Å². The molecule has 82 valence electrons. The summed E-state index contributed by atoms with van der Waals surface area (Å²) in [6, 6.07) is 6.64. The zero-order valence-electron chi connectivity index (χ0n) is 8.37. The highest BCUT2D eigenvalue weighted by Gasteiger charge is 2.22. The third-order valence-corrected chi connectivity index (χ3v) is 3.39. The molecule has 0 spiro atoms. The van der Waals surface area contributed by atoms with E-state index in [9.17, 15) is 0 Å². The quantitative estimate of drug-likeness (QED) is 0.669. The minimum absolute atomic E-state index is 0.303. The molecule has 1 aromatic heterocycles. The van der Waals surface area contributed by atoms with Crippen molar-refractivity contribution < 1.29 is 0 Å². The Morgan fingerprint density at radius 3 is 2.88 bits per heavy atom. The number of anilines is 1. The Bertz CT molecular complexity index is 554. The standard InChI is InChI=1S/C11H9ClIN3/c12-11-15-9-4-1-6(13)5-8(9)10(16-11)14-7-2-3-7/h1,4-5,7H,2-3H2,(H,14,15,16). The molecule has 0 amide bonds. The second-order valence-corrected chi connectivity index (χ2v) is 5.51. The molecule has 1 aromatic carbocycles. The van der Waals surface area contributed by atoms with E-state index in [-0.39, 0.29) is 0 Å². The fourth-order valence-electron chi connectivity index (χ4n) is 1.60. The third-order valence-electron chi connectivity index (χ3n) is 2.55. The van der Waals surface area contributed by atoms with Crippen LogP contribution in [0.4, 0.5) is 5.82 Å². The van der Waals surface area contributed by atoms with Crippen molar-refractivity contribution in [1.82, 2.24) is 9.97 Å². The van der Waals surface area contributed by atoms with Gasteiger partial charge in [-0.25, -0.2) is 9.97 Å². The Balaban J connectivity index is 2.18. The molecule has 3 nitrogen and oxygen atoms in total. The molecule has 2 aromatic rings. The minimum atomic E-state index is 0.303. The first kappa shape index (κ1) is 10.5. The van der Waals surface area contributed by atoms with Crippen LogP contribution in [0.2, 0.25) is 5.28 Å². The molecule has 0 saturated heterocycles. The summed E-state index contributed by atoms with van der Waals surface area (Å²) in [5.41, 5.74) is 0.892. The maximum absolute atomic E-state index is 5.90. The van der Waals surface area contributed by atoms with Gasteiger partial charge in [0.2, 0.25) is 5.28 Å². The molecule has 1 aliphatic carbocycles. The molecule has 1 saturated carbocycles. The number of rotatable bonds is 2. The van der Waals surface area contributed by atoms with Gasteiger partial charge in [0.15, 0.2) is 0 Å². The van der Waals surface area contributed by atoms with Crippen LogP contribution in [-0.4, -0.2) is 16.0 Å². The number of nitrogens with one attached hydrogen (secondary N) is 1. The van der Waals surface area contributed by atoms with Gasteiger partial charge in [-0.3, -0.25) is 0 Å². The summed E-state index contributed by atoms with van der Waals surface area (Å²) in [4.78, 5) is 8.48. The molecule has 5 heteroatoms. The molecule has 3 rings (SSSR count). The summed E-state index contributed by atoms with van der Waals surface area (Å²) < 4.78 is 1.18. The highest BCUT2D eigenvalue weighted by Crippen LogP contribution is 2.29. The predicted molar refractivity (Wildman–Crippen MR) is 73.9 cm³/mol. The number of halogens is 2. The molecule has 0 atom stereocenters. The lowest BCUT2D eigenvalue weighted by Crippen LogP contribution is -2.04. The monoisotopic (exact) mass is 345 g/mol. The number of hydrogen-bond acceptors (Lipinski definition) is 3. The Morgan fingerprint density at radius 2 is 2.12 bits per heavy atom. The summed E-state index contributed by atoms with van der Waals surface area (Å²) in [5, 5.41) is 4.74. The number of fused-ring (bicyclic) bond motifs is 1. The summed E-state index contributed by atoms with van der Waals surface area (Å²) in [6.45, 7) is 0. The van der Waals surface area contributed by atoms with Gasteiger partial charge >= 0.3 is 0 Å². The predicted octanol–water partition coefficient (Wildman–Crippen LogP) is 3.46. The second kappa shape index (κ2) is 4.00. The second-order valence-electron chi connectivity index (χ2n) is 3.92. The maximum atomic E-state index is 5.90. The Hall–Kier alpha value is -0.620. The molecule has 0 radical (unpaired) electrons. The zero-order chi connectivity index (χ0) is 11.1. The largest absolute Gasteiger partial charge is 0.367 e. The van der Waals surface area contributed by atoms with E-state index in [0.29, 0.717) is 11.3 Å². The van der Waals surface area contributed by atoms with E-state index in [1.54, 1.807) is 0 Å². The lowest BCUT2D eigenvalue weighted by Gasteiger charge is -2.08. The van der Waals surface area contributed by atoms with E-state index >= 15 is 0 Å². The first-order valence-corrected chi connectivity index (χ1v) is 6.57. The van der Waals surface area contributed by atoms with E-state index in [1.165, 1.54) is 16.4 Å². The highest BCUT2D eigenvalue weighted by atomic mass is 127. The van der Waals surface area contributed by atoms with Gasteiger partial charge in [-0.1, -0.05) is 0 Å². The lowest BCUT2D eigenvalue weighted by molar-refractivity contribution is 1.10. The average Bonchev–Trinajstić information content (AvgIpc) is 3.03. The number of benzene rings is 1. The lowest BCUT2D eigenvalue weighted by atomic mass is 10.2. The number of aromatic nitrogens is 2. The van der Waals surface area contributed by atoms with E-state index in [1.807, 2.05) is 12.1 Å². The van der Waals surface area contributed by atoms with Gasteiger partial charge in [0.1, 0.15) is 5.82 Å². The molecule has 1 aliphatic rings. The number of hydrogen-bond donors (Lipinski definition) is 1. The van der Waals surface area contributed by atoms with Gasteiger partial charge in [-0.05, 0) is 65.2 Å².